The van der Waals surface area contributed by atoms with Crippen LogP contribution in [0.5, 0.6) is 5.75 Å². The Hall–Kier alpha value is -3.36. The lowest BCUT2D eigenvalue weighted by Gasteiger charge is -2.19. The van der Waals surface area contributed by atoms with Crippen LogP contribution in [-0.4, -0.2) is 21.8 Å². The van der Waals surface area contributed by atoms with E-state index in [1.54, 1.807) is 23.9 Å². The zero-order valence-electron chi connectivity index (χ0n) is 14.6. The van der Waals surface area contributed by atoms with Gasteiger partial charge in [0, 0.05) is 25.0 Å². The number of imidazole rings is 1. The van der Waals surface area contributed by atoms with Crippen molar-refractivity contribution in [1.29, 1.82) is 0 Å². The van der Waals surface area contributed by atoms with Crippen molar-refractivity contribution in [2.45, 2.75) is 12.4 Å². The number of benzene rings is 2. The topological polar surface area (TPSA) is 56.2 Å². The number of rotatable bonds is 5. The molecule has 0 radical (unpaired) electrons. The molecule has 1 atom stereocenters. The summed E-state index contributed by atoms with van der Waals surface area (Å²) in [6.07, 6.45) is -1.60. The molecule has 0 fully saturated rings. The summed E-state index contributed by atoms with van der Waals surface area (Å²) in [5, 5.41) is 2.74. The lowest BCUT2D eigenvalue weighted by Crippen LogP contribution is -2.31. The van der Waals surface area contributed by atoms with Crippen LogP contribution in [0.2, 0.25) is 0 Å². The highest BCUT2D eigenvalue weighted by Crippen LogP contribution is 2.24. The summed E-state index contributed by atoms with van der Waals surface area (Å²) in [5.41, 5.74) is 0.588. The van der Waals surface area contributed by atoms with Crippen molar-refractivity contribution in [3.05, 3.63) is 83.7 Å². The van der Waals surface area contributed by atoms with Crippen LogP contribution in [0.1, 0.15) is 27.8 Å². The number of nitrogens with zero attached hydrogens (tertiary/aromatic N) is 2. The summed E-state index contributed by atoms with van der Waals surface area (Å²) in [6, 6.07) is 9.45. The Balaban J connectivity index is 1.85. The molecule has 0 spiro atoms. The van der Waals surface area contributed by atoms with Crippen LogP contribution in [-0.2, 0) is 7.05 Å². The number of hydrogen-bond acceptors (Lipinski definition) is 3. The highest BCUT2D eigenvalue weighted by Gasteiger charge is 2.31. The second-order valence-corrected chi connectivity index (χ2v) is 5.93. The lowest BCUT2D eigenvalue weighted by atomic mass is 10.0. The first kappa shape index (κ1) is 19.4. The average Bonchev–Trinajstić information content (AvgIpc) is 3.04. The third-order valence-corrected chi connectivity index (χ3v) is 3.92. The van der Waals surface area contributed by atoms with Crippen molar-refractivity contribution < 1.29 is 27.1 Å². The number of amides is 1. The molecule has 0 aliphatic carbocycles. The van der Waals surface area contributed by atoms with Crippen molar-refractivity contribution in [3.63, 3.8) is 0 Å². The number of aryl methyl sites for hydroxylation is 1. The predicted octanol–water partition coefficient (Wildman–Crippen LogP) is 3.98. The minimum atomic E-state index is -4.82. The summed E-state index contributed by atoms with van der Waals surface area (Å²) in [6.45, 7) is 0. The van der Waals surface area contributed by atoms with Gasteiger partial charge in [-0.15, -0.1) is 13.2 Å². The van der Waals surface area contributed by atoms with Crippen LogP contribution >= 0.6 is 0 Å². The smallest absolute Gasteiger partial charge is 0.406 e. The fourth-order valence-corrected chi connectivity index (χ4v) is 2.66. The Labute approximate surface area is 157 Å². The standard InChI is InChI=1S/C19H15F4N3O2/c1-26-10-9-24-17(26)16(13-3-2-4-14(20)11-13)25-18(27)12-5-7-15(8-6-12)28-19(21,22)23/h2-11,16H,1H3,(H,25,27). The zero-order chi connectivity index (χ0) is 20.3. The highest BCUT2D eigenvalue weighted by atomic mass is 19.4. The van der Waals surface area contributed by atoms with E-state index in [2.05, 4.69) is 15.0 Å². The number of carbonyl (C=O) groups excluding carboxylic acids is 1. The fourth-order valence-electron chi connectivity index (χ4n) is 2.66. The van der Waals surface area contributed by atoms with E-state index in [-0.39, 0.29) is 5.56 Å². The molecule has 1 N–H and O–H groups in total. The molecule has 146 valence electrons. The first-order valence-corrected chi connectivity index (χ1v) is 8.12. The molecule has 0 saturated carbocycles. The lowest BCUT2D eigenvalue weighted by molar-refractivity contribution is -0.274. The fraction of sp³-hybridized carbons (Fsp3) is 0.158. The molecule has 1 unspecified atom stereocenters. The van der Waals surface area contributed by atoms with Gasteiger partial charge >= 0.3 is 6.36 Å². The largest absolute Gasteiger partial charge is 0.573 e. The molecular weight excluding hydrogens is 378 g/mol. The molecule has 1 aromatic heterocycles. The van der Waals surface area contributed by atoms with Crippen LogP contribution in [0, 0.1) is 5.82 Å². The second-order valence-electron chi connectivity index (χ2n) is 5.93. The van der Waals surface area contributed by atoms with Crippen molar-refractivity contribution >= 4 is 5.91 Å². The van der Waals surface area contributed by atoms with Gasteiger partial charge in [0.1, 0.15) is 23.4 Å². The van der Waals surface area contributed by atoms with E-state index in [4.69, 9.17) is 0 Å². The summed E-state index contributed by atoms with van der Waals surface area (Å²) in [4.78, 5) is 16.8. The van der Waals surface area contributed by atoms with Gasteiger partial charge in [0.2, 0.25) is 0 Å². The molecule has 0 bridgehead atoms. The van der Waals surface area contributed by atoms with E-state index in [0.29, 0.717) is 11.4 Å². The monoisotopic (exact) mass is 393 g/mol. The number of carbonyl (C=O) groups is 1. The van der Waals surface area contributed by atoms with Gasteiger partial charge in [-0.05, 0) is 42.0 Å². The Bertz CT molecular complexity index is 968. The molecule has 28 heavy (non-hydrogen) atoms. The average molecular weight is 393 g/mol. The number of halogens is 4. The summed E-state index contributed by atoms with van der Waals surface area (Å²) in [7, 11) is 1.73. The Kier molecular flexibility index (Phi) is 5.34. The second kappa shape index (κ2) is 7.71. The number of alkyl halides is 3. The van der Waals surface area contributed by atoms with E-state index in [0.717, 1.165) is 12.1 Å². The first-order chi connectivity index (χ1) is 13.2. The number of nitrogens with one attached hydrogen (secondary N) is 1. The van der Waals surface area contributed by atoms with Crippen LogP contribution < -0.4 is 10.1 Å². The van der Waals surface area contributed by atoms with E-state index in [1.165, 1.54) is 36.5 Å². The Morgan fingerprint density at radius 3 is 2.46 bits per heavy atom. The van der Waals surface area contributed by atoms with E-state index < -0.39 is 29.9 Å². The van der Waals surface area contributed by atoms with E-state index >= 15 is 0 Å². The number of hydrogen-bond donors (Lipinski definition) is 1. The summed E-state index contributed by atoms with van der Waals surface area (Å²) < 4.78 is 55.9. The quantitative estimate of drug-likeness (QED) is 0.668. The molecule has 1 amide bonds. The van der Waals surface area contributed by atoms with Gasteiger partial charge in [-0.1, -0.05) is 12.1 Å². The molecule has 0 saturated heterocycles. The van der Waals surface area contributed by atoms with Gasteiger partial charge in [0.05, 0.1) is 0 Å². The molecule has 0 aliphatic heterocycles. The summed E-state index contributed by atoms with van der Waals surface area (Å²) in [5.74, 6) is -0.999. The maximum atomic E-state index is 13.7. The van der Waals surface area contributed by atoms with Crippen LogP contribution in [0.4, 0.5) is 17.6 Å². The van der Waals surface area contributed by atoms with Crippen molar-refractivity contribution in [3.8, 4) is 5.75 Å². The van der Waals surface area contributed by atoms with Gasteiger partial charge in [0.15, 0.2) is 0 Å². The molecule has 2 aromatic carbocycles. The number of aromatic nitrogens is 2. The Morgan fingerprint density at radius 2 is 1.89 bits per heavy atom. The maximum absolute atomic E-state index is 13.7. The van der Waals surface area contributed by atoms with Crippen molar-refractivity contribution in [2.24, 2.45) is 7.05 Å². The molecule has 0 aliphatic rings. The van der Waals surface area contributed by atoms with Gasteiger partial charge in [-0.2, -0.15) is 0 Å². The minimum absolute atomic E-state index is 0.116. The van der Waals surface area contributed by atoms with Crippen LogP contribution in [0.3, 0.4) is 0 Å². The van der Waals surface area contributed by atoms with Crippen LogP contribution in [0.25, 0.3) is 0 Å². The first-order valence-electron chi connectivity index (χ1n) is 8.12. The predicted molar refractivity (Wildman–Crippen MR) is 92.0 cm³/mol. The third kappa shape index (κ3) is 4.67. The molecule has 1 heterocycles. The third-order valence-electron chi connectivity index (χ3n) is 3.92. The molecule has 3 rings (SSSR count). The van der Waals surface area contributed by atoms with Gasteiger partial charge < -0.3 is 14.6 Å². The highest BCUT2D eigenvalue weighted by molar-refractivity contribution is 5.94. The van der Waals surface area contributed by atoms with E-state index in [1.807, 2.05) is 0 Å². The normalized spacial score (nSPS) is 12.5. The molecular formula is C19H15F4N3O2. The summed E-state index contributed by atoms with van der Waals surface area (Å²) >= 11 is 0. The van der Waals surface area contributed by atoms with Crippen molar-refractivity contribution in [2.75, 3.05) is 0 Å². The van der Waals surface area contributed by atoms with Gasteiger partial charge in [-0.3, -0.25) is 4.79 Å². The Morgan fingerprint density at radius 1 is 1.18 bits per heavy atom. The SMILES string of the molecule is Cn1ccnc1C(NC(=O)c1ccc(OC(F)(F)F)cc1)c1cccc(F)c1. The molecule has 5 nitrogen and oxygen atoms in total. The van der Waals surface area contributed by atoms with Crippen LogP contribution in [0.15, 0.2) is 60.9 Å². The van der Waals surface area contributed by atoms with Gasteiger partial charge in [0.25, 0.3) is 5.91 Å². The molecule has 3 aromatic rings. The minimum Gasteiger partial charge on any atom is -0.406 e. The number of ether oxygens (including phenoxy) is 1. The maximum Gasteiger partial charge on any atom is 0.573 e. The zero-order valence-corrected chi connectivity index (χ0v) is 14.6. The van der Waals surface area contributed by atoms with Gasteiger partial charge in [-0.25, -0.2) is 9.37 Å². The van der Waals surface area contributed by atoms with E-state index in [9.17, 15) is 22.4 Å². The molecule has 9 heteroatoms. The van der Waals surface area contributed by atoms with Crippen molar-refractivity contribution in [1.82, 2.24) is 14.9 Å².